The van der Waals surface area contributed by atoms with Crippen LogP contribution in [0.4, 0.5) is 0 Å². The zero-order valence-corrected chi connectivity index (χ0v) is 9.47. The van der Waals surface area contributed by atoms with E-state index in [1.807, 2.05) is 0 Å². The van der Waals surface area contributed by atoms with Gasteiger partial charge in [0.05, 0.1) is 12.4 Å². The highest BCUT2D eigenvalue weighted by molar-refractivity contribution is 7.86. The maximum Gasteiger partial charge on any atom is 0.264 e. The van der Waals surface area contributed by atoms with Gasteiger partial charge in [-0.25, -0.2) is 0 Å². The molecule has 0 saturated heterocycles. The number of hydrogen-bond acceptors (Lipinski definition) is 3. The zero-order chi connectivity index (χ0) is 10.8. The molecule has 5 heteroatoms. The average Bonchev–Trinajstić information content (AvgIpc) is 2.01. The van der Waals surface area contributed by atoms with Crippen LogP contribution in [0.1, 0.15) is 18.6 Å². The fourth-order valence-electron chi connectivity index (χ4n) is 1.08. The van der Waals surface area contributed by atoms with Crippen LogP contribution < -0.4 is 0 Å². The summed E-state index contributed by atoms with van der Waals surface area (Å²) in [6.45, 7) is 1.66. The molecule has 0 bridgehead atoms. The van der Waals surface area contributed by atoms with E-state index >= 15 is 0 Å². The van der Waals surface area contributed by atoms with Crippen molar-refractivity contribution in [2.75, 3.05) is 6.26 Å². The van der Waals surface area contributed by atoms with Gasteiger partial charge in [-0.2, -0.15) is 8.42 Å². The lowest BCUT2D eigenvalue weighted by Crippen LogP contribution is -2.07. The van der Waals surface area contributed by atoms with Crippen LogP contribution in [0.15, 0.2) is 24.3 Å². The first-order valence-electron chi connectivity index (χ1n) is 4.02. The molecule has 1 rings (SSSR count). The summed E-state index contributed by atoms with van der Waals surface area (Å²) in [7, 11) is -3.43. The van der Waals surface area contributed by atoms with Gasteiger partial charge in [-0.3, -0.25) is 4.18 Å². The highest BCUT2D eigenvalue weighted by atomic mass is 35.5. The van der Waals surface area contributed by atoms with Gasteiger partial charge in [0.2, 0.25) is 0 Å². The summed E-state index contributed by atoms with van der Waals surface area (Å²) < 4.78 is 26.5. The van der Waals surface area contributed by atoms with Crippen molar-refractivity contribution in [3.8, 4) is 0 Å². The van der Waals surface area contributed by atoms with Crippen LogP contribution in [-0.4, -0.2) is 14.7 Å². The molecule has 0 heterocycles. The molecular formula is C9H11ClO3S. The normalized spacial score (nSPS) is 13.9. The monoisotopic (exact) mass is 234 g/mol. The fourth-order valence-corrected chi connectivity index (χ4v) is 1.91. The molecule has 0 N–H and O–H groups in total. The van der Waals surface area contributed by atoms with Crippen LogP contribution >= 0.6 is 11.6 Å². The molecule has 1 aromatic carbocycles. The topological polar surface area (TPSA) is 43.4 Å². The summed E-state index contributed by atoms with van der Waals surface area (Å²) in [5.41, 5.74) is 0.739. The van der Waals surface area contributed by atoms with E-state index in [-0.39, 0.29) is 0 Å². The molecule has 0 aliphatic heterocycles. The highest BCUT2D eigenvalue weighted by Gasteiger charge is 2.12. The minimum Gasteiger partial charge on any atom is -0.262 e. The third-order valence-corrected chi connectivity index (χ3v) is 2.51. The van der Waals surface area contributed by atoms with Crippen LogP contribution in [0.3, 0.4) is 0 Å². The Morgan fingerprint density at radius 1 is 1.43 bits per heavy atom. The maximum absolute atomic E-state index is 10.8. The molecule has 0 fully saturated rings. The summed E-state index contributed by atoms with van der Waals surface area (Å²) in [6.07, 6.45) is 0.511. The van der Waals surface area contributed by atoms with E-state index in [1.54, 1.807) is 31.2 Å². The molecule has 0 aromatic heterocycles. The molecule has 1 atom stereocenters. The van der Waals surface area contributed by atoms with Crippen molar-refractivity contribution < 1.29 is 12.6 Å². The molecule has 3 nitrogen and oxygen atoms in total. The number of hydrogen-bond donors (Lipinski definition) is 0. The van der Waals surface area contributed by atoms with Gasteiger partial charge in [-0.15, -0.1) is 0 Å². The van der Waals surface area contributed by atoms with Gasteiger partial charge in [-0.1, -0.05) is 23.7 Å². The molecule has 1 aromatic rings. The van der Waals surface area contributed by atoms with Crippen molar-refractivity contribution >= 4 is 21.7 Å². The predicted molar refractivity (Wildman–Crippen MR) is 55.8 cm³/mol. The number of halogens is 1. The van der Waals surface area contributed by atoms with Crippen molar-refractivity contribution in [3.63, 3.8) is 0 Å². The Hall–Kier alpha value is -0.580. The van der Waals surface area contributed by atoms with Crippen molar-refractivity contribution in [1.82, 2.24) is 0 Å². The van der Waals surface area contributed by atoms with Gasteiger partial charge >= 0.3 is 0 Å². The summed E-state index contributed by atoms with van der Waals surface area (Å²) in [6, 6.07) is 6.91. The first kappa shape index (κ1) is 11.5. The molecule has 0 radical (unpaired) electrons. The van der Waals surface area contributed by atoms with Crippen molar-refractivity contribution in [3.05, 3.63) is 34.9 Å². The summed E-state index contributed by atoms with van der Waals surface area (Å²) in [4.78, 5) is 0. The quantitative estimate of drug-likeness (QED) is 0.755. The Kier molecular flexibility index (Phi) is 3.53. The van der Waals surface area contributed by atoms with Gasteiger partial charge < -0.3 is 0 Å². The average molecular weight is 235 g/mol. The third kappa shape index (κ3) is 3.65. The first-order valence-corrected chi connectivity index (χ1v) is 6.21. The second-order valence-electron chi connectivity index (χ2n) is 3.00. The third-order valence-electron chi connectivity index (χ3n) is 1.64. The Morgan fingerprint density at radius 3 is 2.57 bits per heavy atom. The summed E-state index contributed by atoms with van der Waals surface area (Å²) in [5, 5.41) is 0.562. The van der Waals surface area contributed by atoms with E-state index in [4.69, 9.17) is 15.8 Å². The lowest BCUT2D eigenvalue weighted by molar-refractivity contribution is 0.237. The lowest BCUT2D eigenvalue weighted by Gasteiger charge is -2.11. The second-order valence-corrected chi connectivity index (χ2v) is 5.03. The van der Waals surface area contributed by atoms with E-state index in [0.29, 0.717) is 5.02 Å². The molecule has 0 aliphatic rings. The second kappa shape index (κ2) is 4.29. The minimum absolute atomic E-state index is 0.510. The van der Waals surface area contributed by atoms with Gasteiger partial charge in [0.1, 0.15) is 0 Å². The van der Waals surface area contributed by atoms with Crippen LogP contribution in [0, 0.1) is 0 Å². The molecular weight excluding hydrogens is 224 g/mol. The molecule has 0 amide bonds. The predicted octanol–water partition coefficient (Wildman–Crippen LogP) is 2.38. The van der Waals surface area contributed by atoms with Crippen LogP contribution in [0.2, 0.25) is 5.02 Å². The van der Waals surface area contributed by atoms with Crippen molar-refractivity contribution in [1.29, 1.82) is 0 Å². The fraction of sp³-hybridized carbons (Fsp3) is 0.333. The molecule has 14 heavy (non-hydrogen) atoms. The minimum atomic E-state index is -3.43. The Balaban J connectivity index is 2.85. The van der Waals surface area contributed by atoms with Crippen molar-refractivity contribution in [2.45, 2.75) is 13.0 Å². The lowest BCUT2D eigenvalue weighted by atomic mass is 10.1. The maximum atomic E-state index is 10.8. The standard InChI is InChI=1S/C9H11ClO3S/c1-7(13-14(2,11)12)8-4-3-5-9(10)6-8/h3-7H,1-2H3/t7-/m0/s1. The molecule has 78 valence electrons. The van der Waals surface area contributed by atoms with E-state index in [9.17, 15) is 8.42 Å². The smallest absolute Gasteiger partial charge is 0.262 e. The summed E-state index contributed by atoms with van der Waals surface area (Å²) >= 11 is 5.76. The highest BCUT2D eigenvalue weighted by Crippen LogP contribution is 2.21. The van der Waals surface area contributed by atoms with Gasteiger partial charge in [0, 0.05) is 5.02 Å². The van der Waals surface area contributed by atoms with Crippen LogP contribution in [0.5, 0.6) is 0 Å². The van der Waals surface area contributed by atoms with Gasteiger partial charge in [0.25, 0.3) is 10.1 Å². The van der Waals surface area contributed by atoms with Gasteiger partial charge in [0.15, 0.2) is 0 Å². The van der Waals surface area contributed by atoms with E-state index in [2.05, 4.69) is 0 Å². The van der Waals surface area contributed by atoms with Gasteiger partial charge in [-0.05, 0) is 24.6 Å². The molecule has 0 spiro atoms. The molecule has 0 aliphatic carbocycles. The largest absolute Gasteiger partial charge is 0.264 e. The Morgan fingerprint density at radius 2 is 2.07 bits per heavy atom. The molecule has 0 saturated carbocycles. The zero-order valence-electron chi connectivity index (χ0n) is 7.90. The number of benzene rings is 1. The Bertz CT molecular complexity index is 414. The summed E-state index contributed by atoms with van der Waals surface area (Å²) in [5.74, 6) is 0. The van der Waals surface area contributed by atoms with Crippen molar-refractivity contribution in [2.24, 2.45) is 0 Å². The molecule has 0 unspecified atom stereocenters. The van der Waals surface area contributed by atoms with Crippen LogP contribution in [-0.2, 0) is 14.3 Å². The Labute approximate surface area is 88.8 Å². The number of rotatable bonds is 3. The SMILES string of the molecule is C[C@H](OS(C)(=O)=O)c1cccc(Cl)c1. The van der Waals surface area contributed by atoms with E-state index in [0.717, 1.165) is 11.8 Å². The van der Waals surface area contributed by atoms with Crippen LogP contribution in [0.25, 0.3) is 0 Å². The van der Waals surface area contributed by atoms with E-state index < -0.39 is 16.2 Å². The van der Waals surface area contributed by atoms with E-state index in [1.165, 1.54) is 0 Å². The first-order chi connectivity index (χ1) is 6.38.